The van der Waals surface area contributed by atoms with E-state index in [2.05, 4.69) is 30.9 Å². The molecule has 2 N–H and O–H groups in total. The number of aliphatic imine (C=N–C) groups is 1. The lowest BCUT2D eigenvalue weighted by Crippen LogP contribution is -2.46. The highest BCUT2D eigenvalue weighted by Crippen LogP contribution is 2.20. The molecule has 1 fully saturated rings. The molecule has 1 amide bonds. The molecule has 0 aromatic carbocycles. The largest absolute Gasteiger partial charge is 0.359 e. The first kappa shape index (κ1) is 22.1. The number of halogens is 1. The number of thiazole rings is 1. The maximum Gasteiger partial charge on any atom is 0.220 e. The number of hydrogen-bond donors (Lipinski definition) is 2. The van der Waals surface area contributed by atoms with Crippen molar-refractivity contribution in [3.05, 3.63) is 16.1 Å². The molecule has 0 radical (unpaired) electrons. The summed E-state index contributed by atoms with van der Waals surface area (Å²) in [6, 6.07) is 0. The third kappa shape index (κ3) is 7.47. The summed E-state index contributed by atoms with van der Waals surface area (Å²) in [6.45, 7) is 4.87. The monoisotopic (exact) mass is 479 g/mol. The van der Waals surface area contributed by atoms with Crippen molar-refractivity contribution < 1.29 is 4.79 Å². The molecule has 1 aliphatic heterocycles. The van der Waals surface area contributed by atoms with E-state index in [0.29, 0.717) is 12.3 Å². The second kappa shape index (κ2) is 11.7. The number of guanidine groups is 1. The molecule has 0 bridgehead atoms. The van der Waals surface area contributed by atoms with Crippen molar-refractivity contribution in [3.8, 4) is 0 Å². The van der Waals surface area contributed by atoms with Crippen molar-refractivity contribution >= 4 is 47.2 Å². The molecular formula is C17H30IN5OS. The average molecular weight is 479 g/mol. The summed E-state index contributed by atoms with van der Waals surface area (Å²) >= 11 is 1.74. The summed E-state index contributed by atoms with van der Waals surface area (Å²) in [5.74, 6) is 1.62. The number of likely N-dealkylation sites (tertiary alicyclic amines) is 1. The Balaban J connectivity index is 0.00000312. The van der Waals surface area contributed by atoms with Gasteiger partial charge in [-0.2, -0.15) is 0 Å². The number of aromatic nitrogens is 1. The highest BCUT2D eigenvalue weighted by atomic mass is 127. The summed E-state index contributed by atoms with van der Waals surface area (Å²) in [6.07, 6.45) is 4.80. The zero-order valence-corrected chi connectivity index (χ0v) is 18.5. The Morgan fingerprint density at radius 3 is 2.72 bits per heavy atom. The van der Waals surface area contributed by atoms with Crippen LogP contribution in [0.25, 0.3) is 0 Å². The van der Waals surface area contributed by atoms with Crippen LogP contribution in [0.5, 0.6) is 0 Å². The van der Waals surface area contributed by atoms with Gasteiger partial charge in [0.05, 0.1) is 5.01 Å². The number of carbonyl (C=O) groups excluding carboxylic acids is 1. The second-order valence-corrected chi connectivity index (χ2v) is 7.21. The molecular weight excluding hydrogens is 449 g/mol. The Kier molecular flexibility index (Phi) is 10.3. The summed E-state index contributed by atoms with van der Waals surface area (Å²) in [4.78, 5) is 22.7. The van der Waals surface area contributed by atoms with Gasteiger partial charge < -0.3 is 15.5 Å². The van der Waals surface area contributed by atoms with Crippen LogP contribution in [-0.2, 0) is 11.2 Å². The summed E-state index contributed by atoms with van der Waals surface area (Å²) in [5.41, 5.74) is 1.11. The topological polar surface area (TPSA) is 69.6 Å². The van der Waals surface area contributed by atoms with Crippen LogP contribution in [0.3, 0.4) is 0 Å². The minimum atomic E-state index is 0. The fraction of sp³-hybridized carbons (Fsp3) is 0.706. The average Bonchev–Trinajstić information content (AvgIpc) is 3.01. The molecule has 142 valence electrons. The lowest BCUT2D eigenvalue weighted by molar-refractivity contribution is -0.121. The Bertz CT molecular complexity index is 555. The smallest absolute Gasteiger partial charge is 0.220 e. The van der Waals surface area contributed by atoms with Gasteiger partial charge in [0.15, 0.2) is 5.96 Å². The Morgan fingerprint density at radius 1 is 1.44 bits per heavy atom. The molecule has 0 saturated carbocycles. The normalized spacial score (nSPS) is 15.6. The molecule has 1 aliphatic rings. The molecule has 6 nitrogen and oxygen atoms in total. The van der Waals surface area contributed by atoms with Crippen molar-refractivity contribution in [2.24, 2.45) is 10.9 Å². The fourth-order valence-corrected chi connectivity index (χ4v) is 3.82. The molecule has 0 atom stereocenters. The van der Waals surface area contributed by atoms with E-state index in [9.17, 15) is 4.79 Å². The summed E-state index contributed by atoms with van der Waals surface area (Å²) in [7, 11) is 3.54. The highest BCUT2D eigenvalue weighted by molar-refractivity contribution is 14.0. The zero-order chi connectivity index (χ0) is 17.4. The standard InChI is InChI=1S/C17H29N5OS.HI/c1-13-12-24-16(21-13)5-4-8-20-17(19-3)22-9-6-14(7-10-22)11-15(23)18-2;/h12,14H,4-11H2,1-3H3,(H,18,23)(H,19,20);1H. The number of amides is 1. The van der Waals surface area contributed by atoms with E-state index in [-0.39, 0.29) is 29.9 Å². The Hall–Kier alpha value is -0.900. The third-order valence-corrected chi connectivity index (χ3v) is 5.42. The van der Waals surface area contributed by atoms with Crippen molar-refractivity contribution in [3.63, 3.8) is 0 Å². The van der Waals surface area contributed by atoms with E-state index < -0.39 is 0 Å². The molecule has 2 heterocycles. The summed E-state index contributed by atoms with van der Waals surface area (Å²) in [5, 5.41) is 9.48. The van der Waals surface area contributed by atoms with Crippen molar-refractivity contribution in [2.45, 2.75) is 39.0 Å². The van der Waals surface area contributed by atoms with E-state index in [0.717, 1.165) is 57.0 Å². The summed E-state index contributed by atoms with van der Waals surface area (Å²) < 4.78 is 0. The van der Waals surface area contributed by atoms with Gasteiger partial charge in [-0.15, -0.1) is 35.3 Å². The first-order chi connectivity index (χ1) is 11.6. The van der Waals surface area contributed by atoms with Crippen LogP contribution in [0.4, 0.5) is 0 Å². The first-order valence-corrected chi connectivity index (χ1v) is 9.57. The molecule has 2 rings (SSSR count). The van der Waals surface area contributed by atoms with Gasteiger partial charge in [-0.3, -0.25) is 9.79 Å². The maximum absolute atomic E-state index is 11.5. The molecule has 0 unspecified atom stereocenters. The molecule has 1 saturated heterocycles. The molecule has 0 spiro atoms. The quantitative estimate of drug-likeness (QED) is 0.285. The molecule has 1 aromatic rings. The van der Waals surface area contributed by atoms with Crippen LogP contribution in [0, 0.1) is 12.8 Å². The fourth-order valence-electron chi connectivity index (χ4n) is 3.00. The van der Waals surface area contributed by atoms with Gasteiger partial charge in [-0.05, 0) is 32.1 Å². The zero-order valence-electron chi connectivity index (χ0n) is 15.4. The van der Waals surface area contributed by atoms with Crippen LogP contribution < -0.4 is 10.6 Å². The van der Waals surface area contributed by atoms with Gasteiger partial charge in [-0.1, -0.05) is 0 Å². The minimum absolute atomic E-state index is 0. The lowest BCUT2D eigenvalue weighted by atomic mass is 9.93. The van der Waals surface area contributed by atoms with Crippen LogP contribution in [0.1, 0.15) is 36.4 Å². The predicted molar refractivity (Wildman–Crippen MR) is 115 cm³/mol. The van der Waals surface area contributed by atoms with Gasteiger partial charge in [0.2, 0.25) is 5.91 Å². The van der Waals surface area contributed by atoms with Crippen LogP contribution in [0.15, 0.2) is 10.4 Å². The number of hydrogen-bond acceptors (Lipinski definition) is 4. The Morgan fingerprint density at radius 2 is 2.16 bits per heavy atom. The lowest BCUT2D eigenvalue weighted by Gasteiger charge is -2.34. The van der Waals surface area contributed by atoms with Gasteiger partial charge in [0.25, 0.3) is 0 Å². The SMILES string of the molecule is CN=C(NCCCc1nc(C)cs1)N1CCC(CC(=O)NC)CC1.I. The molecule has 25 heavy (non-hydrogen) atoms. The van der Waals surface area contributed by atoms with Crippen LogP contribution >= 0.6 is 35.3 Å². The second-order valence-electron chi connectivity index (χ2n) is 6.27. The van der Waals surface area contributed by atoms with E-state index in [4.69, 9.17) is 0 Å². The van der Waals surface area contributed by atoms with Crippen molar-refractivity contribution in [1.29, 1.82) is 0 Å². The van der Waals surface area contributed by atoms with Gasteiger partial charge in [-0.25, -0.2) is 4.98 Å². The number of nitrogens with zero attached hydrogens (tertiary/aromatic N) is 3. The molecule has 1 aromatic heterocycles. The van der Waals surface area contributed by atoms with Crippen molar-refractivity contribution in [1.82, 2.24) is 20.5 Å². The van der Waals surface area contributed by atoms with Gasteiger partial charge in [0.1, 0.15) is 0 Å². The van der Waals surface area contributed by atoms with E-state index in [1.807, 2.05) is 14.0 Å². The van der Waals surface area contributed by atoms with Gasteiger partial charge >= 0.3 is 0 Å². The predicted octanol–water partition coefficient (Wildman–Crippen LogP) is 2.43. The first-order valence-electron chi connectivity index (χ1n) is 8.69. The maximum atomic E-state index is 11.5. The van der Waals surface area contributed by atoms with Crippen LogP contribution in [0.2, 0.25) is 0 Å². The highest BCUT2D eigenvalue weighted by Gasteiger charge is 2.22. The number of piperidine rings is 1. The van der Waals surface area contributed by atoms with E-state index in [1.165, 1.54) is 5.01 Å². The van der Waals surface area contributed by atoms with E-state index >= 15 is 0 Å². The number of rotatable bonds is 6. The van der Waals surface area contributed by atoms with E-state index in [1.54, 1.807) is 18.4 Å². The van der Waals surface area contributed by atoms with Crippen LogP contribution in [-0.4, -0.2) is 55.5 Å². The molecule has 8 heteroatoms. The van der Waals surface area contributed by atoms with Crippen molar-refractivity contribution in [2.75, 3.05) is 33.7 Å². The number of aryl methyl sites for hydroxylation is 2. The number of carbonyl (C=O) groups is 1. The molecule has 0 aliphatic carbocycles. The Labute approximate surface area is 171 Å². The van der Waals surface area contributed by atoms with Gasteiger partial charge in [0, 0.05) is 57.6 Å². The minimum Gasteiger partial charge on any atom is -0.359 e. The third-order valence-electron chi connectivity index (χ3n) is 4.40. The number of nitrogens with one attached hydrogen (secondary N) is 2.